The number of likely N-dealkylation sites (N-methyl/N-ethyl adjacent to an activating group) is 2. The third kappa shape index (κ3) is 4.56. The molecule has 1 aromatic rings. The van der Waals surface area contributed by atoms with Crippen molar-refractivity contribution >= 4 is 11.6 Å². The lowest BCUT2D eigenvalue weighted by Gasteiger charge is -2.23. The molecule has 0 radical (unpaired) electrons. The molecule has 0 fully saturated rings. The van der Waals surface area contributed by atoms with Gasteiger partial charge in [-0.3, -0.25) is 4.79 Å². The van der Waals surface area contributed by atoms with Crippen molar-refractivity contribution in [3.63, 3.8) is 0 Å². The number of rotatable bonds is 7. The summed E-state index contributed by atoms with van der Waals surface area (Å²) in [5.74, 6) is 0.0707. The lowest BCUT2D eigenvalue weighted by Crippen LogP contribution is -2.37. The molecule has 0 aliphatic carbocycles. The Bertz CT molecular complexity index is 418. The second kappa shape index (κ2) is 7.79. The molecule has 0 unspecified atom stereocenters. The fourth-order valence-corrected chi connectivity index (χ4v) is 2.08. The van der Waals surface area contributed by atoms with Crippen LogP contribution in [0, 0.1) is 6.92 Å². The second-order valence-corrected chi connectivity index (χ2v) is 4.61. The molecule has 0 aliphatic rings. The minimum atomic E-state index is 0.0707. The standard InChI is InChI=1S/C15H25N3O/c1-5-17-15(19)11-18(6-2)14-8-7-13(10-16-4)12(3)9-14/h7-9,16H,5-6,10-11H2,1-4H3,(H,17,19). The SMILES string of the molecule is CCNC(=O)CN(CC)c1ccc(CNC)c(C)c1. The van der Waals surface area contributed by atoms with Gasteiger partial charge in [-0.1, -0.05) is 6.07 Å². The number of carbonyl (C=O) groups is 1. The van der Waals surface area contributed by atoms with Crippen LogP contribution in [0.5, 0.6) is 0 Å². The molecule has 1 rings (SSSR count). The highest BCUT2D eigenvalue weighted by Crippen LogP contribution is 2.19. The van der Waals surface area contributed by atoms with Gasteiger partial charge < -0.3 is 15.5 Å². The van der Waals surface area contributed by atoms with Crippen LogP contribution < -0.4 is 15.5 Å². The van der Waals surface area contributed by atoms with E-state index in [2.05, 4.69) is 47.6 Å². The maximum atomic E-state index is 11.7. The zero-order chi connectivity index (χ0) is 14.3. The van der Waals surface area contributed by atoms with E-state index < -0.39 is 0 Å². The normalized spacial score (nSPS) is 10.3. The number of benzene rings is 1. The van der Waals surface area contributed by atoms with E-state index in [1.54, 1.807) is 0 Å². The van der Waals surface area contributed by atoms with Gasteiger partial charge in [0, 0.05) is 25.3 Å². The zero-order valence-corrected chi connectivity index (χ0v) is 12.4. The maximum absolute atomic E-state index is 11.7. The average Bonchev–Trinajstić information content (AvgIpc) is 2.39. The molecule has 0 bridgehead atoms. The van der Waals surface area contributed by atoms with Gasteiger partial charge >= 0.3 is 0 Å². The van der Waals surface area contributed by atoms with Gasteiger partial charge in [0.15, 0.2) is 0 Å². The van der Waals surface area contributed by atoms with Crippen molar-refractivity contribution < 1.29 is 4.79 Å². The number of hydrogen-bond donors (Lipinski definition) is 2. The zero-order valence-electron chi connectivity index (χ0n) is 12.4. The summed E-state index contributed by atoms with van der Waals surface area (Å²) >= 11 is 0. The molecule has 1 amide bonds. The van der Waals surface area contributed by atoms with E-state index in [9.17, 15) is 4.79 Å². The predicted octanol–water partition coefficient (Wildman–Crippen LogP) is 1.68. The van der Waals surface area contributed by atoms with Gasteiger partial charge in [0.05, 0.1) is 6.54 Å². The molecule has 1 aromatic carbocycles. The molecule has 4 heteroatoms. The third-order valence-electron chi connectivity index (χ3n) is 3.15. The summed E-state index contributed by atoms with van der Waals surface area (Å²) in [6.45, 7) is 8.89. The van der Waals surface area contributed by atoms with Crippen LogP contribution in [0.15, 0.2) is 18.2 Å². The molecule has 0 heterocycles. The molecule has 106 valence electrons. The first kappa shape index (κ1) is 15.5. The number of nitrogens with one attached hydrogen (secondary N) is 2. The highest BCUT2D eigenvalue weighted by Gasteiger charge is 2.10. The molecular weight excluding hydrogens is 238 g/mol. The van der Waals surface area contributed by atoms with Crippen LogP contribution in [0.3, 0.4) is 0 Å². The van der Waals surface area contributed by atoms with Gasteiger partial charge in [0.2, 0.25) is 5.91 Å². The Morgan fingerprint density at radius 1 is 1.32 bits per heavy atom. The summed E-state index contributed by atoms with van der Waals surface area (Å²) < 4.78 is 0. The number of hydrogen-bond acceptors (Lipinski definition) is 3. The van der Waals surface area contributed by atoms with E-state index in [1.165, 1.54) is 11.1 Å². The van der Waals surface area contributed by atoms with Crippen molar-refractivity contribution in [3.8, 4) is 0 Å². The van der Waals surface area contributed by atoms with Gasteiger partial charge in [-0.2, -0.15) is 0 Å². The van der Waals surface area contributed by atoms with Crippen molar-refractivity contribution in [2.75, 3.05) is 31.6 Å². The number of amides is 1. The van der Waals surface area contributed by atoms with Gasteiger partial charge in [-0.25, -0.2) is 0 Å². The molecule has 2 N–H and O–H groups in total. The van der Waals surface area contributed by atoms with Crippen LogP contribution in [0.4, 0.5) is 5.69 Å². The average molecular weight is 263 g/mol. The summed E-state index contributed by atoms with van der Waals surface area (Å²) in [7, 11) is 1.95. The van der Waals surface area contributed by atoms with Crippen LogP contribution in [-0.2, 0) is 11.3 Å². The summed E-state index contributed by atoms with van der Waals surface area (Å²) in [5.41, 5.74) is 3.65. The van der Waals surface area contributed by atoms with Crippen LogP contribution in [0.2, 0.25) is 0 Å². The fraction of sp³-hybridized carbons (Fsp3) is 0.533. The van der Waals surface area contributed by atoms with E-state index in [-0.39, 0.29) is 5.91 Å². The molecular formula is C15H25N3O. The van der Waals surface area contributed by atoms with E-state index in [0.717, 1.165) is 18.8 Å². The maximum Gasteiger partial charge on any atom is 0.239 e. The van der Waals surface area contributed by atoms with E-state index >= 15 is 0 Å². The number of carbonyl (C=O) groups excluding carboxylic acids is 1. The smallest absolute Gasteiger partial charge is 0.239 e. The Balaban J connectivity index is 2.81. The monoisotopic (exact) mass is 263 g/mol. The van der Waals surface area contributed by atoms with Crippen molar-refractivity contribution in [1.29, 1.82) is 0 Å². The lowest BCUT2D eigenvalue weighted by molar-refractivity contribution is -0.119. The van der Waals surface area contributed by atoms with Crippen LogP contribution in [-0.4, -0.2) is 32.6 Å². The number of nitrogens with zero attached hydrogens (tertiary/aromatic N) is 1. The van der Waals surface area contributed by atoms with Crippen LogP contribution in [0.25, 0.3) is 0 Å². The first-order chi connectivity index (χ1) is 9.12. The number of anilines is 1. The quantitative estimate of drug-likeness (QED) is 0.786. The summed E-state index contributed by atoms with van der Waals surface area (Å²) in [6, 6.07) is 6.36. The Morgan fingerprint density at radius 2 is 2.05 bits per heavy atom. The topological polar surface area (TPSA) is 44.4 Å². The summed E-state index contributed by atoms with van der Waals surface area (Å²) in [6.07, 6.45) is 0. The van der Waals surface area contributed by atoms with Gasteiger partial charge in [-0.15, -0.1) is 0 Å². The summed E-state index contributed by atoms with van der Waals surface area (Å²) in [4.78, 5) is 13.8. The van der Waals surface area contributed by atoms with Gasteiger partial charge in [0.1, 0.15) is 0 Å². The Morgan fingerprint density at radius 3 is 2.58 bits per heavy atom. The molecule has 0 saturated carbocycles. The molecule has 0 saturated heterocycles. The highest BCUT2D eigenvalue weighted by molar-refractivity contribution is 5.81. The molecule has 0 atom stereocenters. The number of aryl methyl sites for hydroxylation is 1. The molecule has 0 aromatic heterocycles. The fourth-order valence-electron chi connectivity index (χ4n) is 2.08. The minimum Gasteiger partial charge on any atom is -0.362 e. The Labute approximate surface area is 116 Å². The van der Waals surface area contributed by atoms with Crippen molar-refractivity contribution in [3.05, 3.63) is 29.3 Å². The van der Waals surface area contributed by atoms with E-state index in [4.69, 9.17) is 0 Å². The second-order valence-electron chi connectivity index (χ2n) is 4.61. The summed E-state index contributed by atoms with van der Waals surface area (Å²) in [5, 5.41) is 5.99. The molecule has 19 heavy (non-hydrogen) atoms. The van der Waals surface area contributed by atoms with Gasteiger partial charge in [-0.05, 0) is 51.1 Å². The molecule has 4 nitrogen and oxygen atoms in total. The van der Waals surface area contributed by atoms with E-state index in [1.807, 2.05) is 14.0 Å². The third-order valence-corrected chi connectivity index (χ3v) is 3.15. The van der Waals surface area contributed by atoms with Crippen molar-refractivity contribution in [1.82, 2.24) is 10.6 Å². The predicted molar refractivity (Wildman–Crippen MR) is 80.5 cm³/mol. The van der Waals surface area contributed by atoms with Crippen LogP contribution in [0.1, 0.15) is 25.0 Å². The minimum absolute atomic E-state index is 0.0707. The van der Waals surface area contributed by atoms with E-state index in [0.29, 0.717) is 13.1 Å². The molecule has 0 aliphatic heterocycles. The Kier molecular flexibility index (Phi) is 6.36. The van der Waals surface area contributed by atoms with Crippen molar-refractivity contribution in [2.24, 2.45) is 0 Å². The van der Waals surface area contributed by atoms with Crippen molar-refractivity contribution in [2.45, 2.75) is 27.3 Å². The largest absolute Gasteiger partial charge is 0.362 e. The van der Waals surface area contributed by atoms with Gasteiger partial charge in [0.25, 0.3) is 0 Å². The lowest BCUT2D eigenvalue weighted by atomic mass is 10.1. The highest BCUT2D eigenvalue weighted by atomic mass is 16.2. The Hall–Kier alpha value is -1.55. The first-order valence-electron chi connectivity index (χ1n) is 6.88. The van der Waals surface area contributed by atoms with Crippen LogP contribution >= 0.6 is 0 Å². The first-order valence-corrected chi connectivity index (χ1v) is 6.88. The molecule has 0 spiro atoms.